The van der Waals surface area contributed by atoms with Crippen molar-refractivity contribution >= 4 is 35.3 Å². The quantitative estimate of drug-likeness (QED) is 0.0262. The maximum Gasteiger partial charge on any atom is 0.123 e. The van der Waals surface area contributed by atoms with E-state index in [2.05, 4.69) is 109 Å². The third-order valence-corrected chi connectivity index (χ3v) is 21.8. The summed E-state index contributed by atoms with van der Waals surface area (Å²) >= 11 is 5.20. The van der Waals surface area contributed by atoms with Crippen LogP contribution in [0.1, 0.15) is 72.7 Å². The first-order valence-electron chi connectivity index (χ1n) is 36.9. The molecule has 0 radical (unpaired) electrons. The van der Waals surface area contributed by atoms with Crippen molar-refractivity contribution in [2.45, 2.75) is 77.5 Å². The first-order chi connectivity index (χ1) is 56.2. The third-order valence-electron chi connectivity index (χ3n) is 18.6. The molecule has 0 saturated heterocycles. The Morgan fingerprint density at radius 1 is 0.174 bits per heavy atom. The summed E-state index contributed by atoms with van der Waals surface area (Å²) in [7, 11) is 19.6. The molecule has 0 aliphatic rings. The van der Waals surface area contributed by atoms with Crippen molar-refractivity contribution in [3.8, 4) is 103 Å². The minimum Gasteiger partial charge on any atom is -0.497 e. The van der Waals surface area contributed by atoms with E-state index >= 15 is 0 Å². The van der Waals surface area contributed by atoms with Gasteiger partial charge >= 0.3 is 0 Å². The molecule has 0 aliphatic heterocycles. The predicted octanol–water partition coefficient (Wildman–Crippen LogP) is 21.3. The molecular formula is C94H94O18S3. The molecule has 596 valence electrons. The van der Waals surface area contributed by atoms with E-state index in [0.717, 1.165) is 81.4 Å². The average Bonchev–Trinajstić information content (AvgIpc) is 0.799. The highest BCUT2D eigenvalue weighted by molar-refractivity contribution is 7.99. The van der Waals surface area contributed by atoms with Crippen molar-refractivity contribution in [2.24, 2.45) is 0 Å². The van der Waals surface area contributed by atoms with Crippen molar-refractivity contribution in [1.29, 1.82) is 0 Å². The van der Waals surface area contributed by atoms with E-state index in [1.165, 1.54) is 0 Å². The van der Waals surface area contributed by atoms with Gasteiger partial charge in [0.05, 0.1) is 85.3 Å². The minimum absolute atomic E-state index is 0.134. The van der Waals surface area contributed by atoms with Crippen LogP contribution in [-0.2, 0) is 56.9 Å². The fraction of sp³-hybridized carbons (Fsp3) is 0.234. The van der Waals surface area contributed by atoms with Crippen LogP contribution in [0.2, 0.25) is 0 Å². The lowest BCUT2D eigenvalue weighted by Crippen LogP contribution is -2.03. The number of hydrogen-bond acceptors (Lipinski definition) is 21. The maximum absolute atomic E-state index is 6.52. The van der Waals surface area contributed by atoms with Gasteiger partial charge in [-0.25, -0.2) is 0 Å². The van der Waals surface area contributed by atoms with Gasteiger partial charge in [-0.2, -0.15) is 0 Å². The Hall–Kier alpha value is -11.9. The van der Waals surface area contributed by atoms with Crippen LogP contribution in [0.15, 0.2) is 251 Å². The largest absolute Gasteiger partial charge is 0.497 e. The zero-order chi connectivity index (χ0) is 80.4. The lowest BCUT2D eigenvalue weighted by atomic mass is 9.85. The Bertz CT molecular complexity index is 4300. The maximum atomic E-state index is 6.52. The monoisotopic (exact) mass is 1610 g/mol. The number of methoxy groups -OCH3 is 12. The predicted molar refractivity (Wildman–Crippen MR) is 452 cm³/mol. The fourth-order valence-corrected chi connectivity index (χ4v) is 15.2. The molecule has 0 fully saturated rings. The van der Waals surface area contributed by atoms with Crippen LogP contribution in [0.25, 0.3) is 0 Å². The van der Waals surface area contributed by atoms with Crippen molar-refractivity contribution in [2.75, 3.05) is 85.3 Å². The van der Waals surface area contributed by atoms with E-state index in [9.17, 15) is 0 Å². The second-order valence-corrected chi connectivity index (χ2v) is 29.6. The normalized spacial score (nSPS) is 10.9. The van der Waals surface area contributed by atoms with Gasteiger partial charge in [-0.05, 0) is 212 Å². The number of benzene rings is 12. The summed E-state index contributed by atoms with van der Waals surface area (Å²) in [5, 5.41) is 0. The van der Waals surface area contributed by atoms with Crippen molar-refractivity contribution in [3.63, 3.8) is 0 Å². The van der Waals surface area contributed by atoms with Crippen LogP contribution >= 0.6 is 35.3 Å². The highest BCUT2D eigenvalue weighted by atomic mass is 32.2. The Morgan fingerprint density at radius 3 is 0.461 bits per heavy atom. The first-order valence-corrected chi connectivity index (χ1v) is 39.8. The van der Waals surface area contributed by atoms with Gasteiger partial charge in [0.25, 0.3) is 0 Å². The summed E-state index contributed by atoms with van der Waals surface area (Å²) in [6.45, 7) is 1.62. The fourth-order valence-electron chi connectivity index (χ4n) is 12.7. The molecule has 0 saturated carbocycles. The van der Waals surface area contributed by atoms with Crippen LogP contribution in [0, 0.1) is 0 Å². The Kier molecular flexibility index (Phi) is 29.6. The average molecular weight is 1610 g/mol. The van der Waals surface area contributed by atoms with E-state index in [0.29, 0.717) is 121 Å². The summed E-state index contributed by atoms with van der Waals surface area (Å²) in [6.07, 6.45) is 0. The minimum atomic E-state index is -0.134. The first kappa shape index (κ1) is 82.5. The van der Waals surface area contributed by atoms with Crippen LogP contribution in [0.4, 0.5) is 0 Å². The van der Waals surface area contributed by atoms with E-state index in [-0.39, 0.29) is 45.6 Å². The number of thioether (sulfide) groups is 3. The molecule has 0 unspecified atom stereocenters. The van der Waals surface area contributed by atoms with Crippen molar-refractivity contribution < 1.29 is 85.3 Å². The van der Waals surface area contributed by atoms with E-state index in [1.807, 2.05) is 127 Å². The standard InChI is InChI=1S/C94H94O18S3/c1-95-73-25-61(26-74(43-73)96-2)52-107-85-37-67(38-86(49-85)108-53-62-27-75(97-3)44-76(28-62)98-4)58-113-91-19-13-70(14-20-91)94(71-15-21-92(22-16-71)114-59-68-39-87(109-54-63-29-77(99-5)45-78(30-63)100-6)50-88(40-68)110-55-64-31-79(101-7)46-80(32-64)102-8)72-17-23-93(24-18-72)115-60-69-41-89(111-56-65-33-81(103-9)47-82(34-65)104-10)51-90(42-69)112-57-66-35-83(105-11)48-84(36-66)106-12/h13-51,94H,52-60H2,1-12H3. The summed E-state index contributed by atoms with van der Waals surface area (Å²) in [6, 6.07) is 79.1. The van der Waals surface area contributed by atoms with Gasteiger partial charge in [0.15, 0.2) is 0 Å². The molecule has 0 aliphatic carbocycles. The lowest BCUT2D eigenvalue weighted by Gasteiger charge is -2.20. The second-order valence-electron chi connectivity index (χ2n) is 26.5. The molecular weight excluding hydrogens is 1510 g/mol. The number of ether oxygens (including phenoxy) is 18. The molecule has 0 spiro atoms. The molecule has 12 aromatic rings. The summed E-state index contributed by atoms with van der Waals surface area (Å²) in [4.78, 5) is 3.28. The molecule has 0 bridgehead atoms. The molecule has 0 amide bonds. The summed E-state index contributed by atoms with van der Waals surface area (Å²) < 4.78 is 106. The Morgan fingerprint density at radius 2 is 0.313 bits per heavy atom. The summed E-state index contributed by atoms with van der Waals surface area (Å²) in [5.74, 6) is 13.7. The molecule has 0 heterocycles. The van der Waals surface area contributed by atoms with Gasteiger partial charge in [-0.1, -0.05) is 36.4 Å². The zero-order valence-corrected chi connectivity index (χ0v) is 69.0. The van der Waals surface area contributed by atoms with Gasteiger partial charge in [0, 0.05) is 92.5 Å². The van der Waals surface area contributed by atoms with Crippen LogP contribution in [-0.4, -0.2) is 85.3 Å². The lowest BCUT2D eigenvalue weighted by molar-refractivity contribution is 0.287. The highest BCUT2D eigenvalue weighted by Crippen LogP contribution is 2.41. The topological polar surface area (TPSA) is 166 Å². The Labute approximate surface area is 686 Å². The summed E-state index contributed by atoms with van der Waals surface area (Å²) in [5.41, 5.74) is 11.8. The van der Waals surface area contributed by atoms with E-state index in [4.69, 9.17) is 85.3 Å². The van der Waals surface area contributed by atoms with Crippen LogP contribution in [0.5, 0.6) is 103 Å². The second kappa shape index (κ2) is 41.2. The third kappa shape index (κ3) is 23.8. The molecule has 12 aromatic carbocycles. The van der Waals surface area contributed by atoms with E-state index in [1.54, 1.807) is 121 Å². The molecule has 21 heteroatoms. The molecule has 12 rings (SSSR count). The smallest absolute Gasteiger partial charge is 0.123 e. The SMILES string of the molecule is COc1cc(COc2cc(CSc3ccc(C(c4ccc(SCc5cc(OCc6cc(OC)cc(OC)c6)cc(OCc6cc(OC)cc(OC)c6)c5)cc4)c4ccc(SCc5cc(OCc6cc(OC)cc(OC)c6)cc(OCc6cc(OC)cc(OC)c6)c5)cc4)cc3)cc(OCc3cc(OC)cc(OC)c3)c2)cc(OC)c1. The van der Waals surface area contributed by atoms with Gasteiger partial charge in [-0.15, -0.1) is 35.3 Å². The number of rotatable bonds is 42. The van der Waals surface area contributed by atoms with Crippen LogP contribution < -0.4 is 85.3 Å². The highest BCUT2D eigenvalue weighted by Gasteiger charge is 2.20. The van der Waals surface area contributed by atoms with Crippen molar-refractivity contribution in [3.05, 3.63) is 303 Å². The van der Waals surface area contributed by atoms with E-state index < -0.39 is 0 Å². The molecule has 0 N–H and O–H groups in total. The molecule has 18 nitrogen and oxygen atoms in total. The van der Waals surface area contributed by atoms with Gasteiger partial charge < -0.3 is 85.3 Å². The molecule has 115 heavy (non-hydrogen) atoms. The zero-order valence-electron chi connectivity index (χ0n) is 66.5. The molecule has 0 atom stereocenters. The van der Waals surface area contributed by atoms with Crippen molar-refractivity contribution in [1.82, 2.24) is 0 Å². The Balaban J connectivity index is 0.813. The van der Waals surface area contributed by atoms with Gasteiger partial charge in [-0.3, -0.25) is 0 Å². The van der Waals surface area contributed by atoms with Gasteiger partial charge in [0.1, 0.15) is 143 Å². The van der Waals surface area contributed by atoms with Gasteiger partial charge in [0.2, 0.25) is 0 Å². The molecule has 0 aromatic heterocycles. The number of hydrogen-bond donors (Lipinski definition) is 0. The van der Waals surface area contributed by atoms with Crippen LogP contribution in [0.3, 0.4) is 0 Å².